The first-order chi connectivity index (χ1) is 13.8. The van der Waals surface area contributed by atoms with Gasteiger partial charge in [0.25, 0.3) is 6.43 Å². The molecule has 1 aromatic carbocycles. The molecule has 3 rings (SSSR count). The minimum absolute atomic E-state index is 0.351. The van der Waals surface area contributed by atoms with Crippen LogP contribution in [-0.4, -0.2) is 34.1 Å². The second-order valence-electron chi connectivity index (χ2n) is 6.81. The predicted octanol–water partition coefficient (Wildman–Crippen LogP) is 2.33. The van der Waals surface area contributed by atoms with E-state index in [0.29, 0.717) is 42.2 Å². The zero-order valence-electron chi connectivity index (χ0n) is 16.1. The molecule has 2 heterocycles. The van der Waals surface area contributed by atoms with Gasteiger partial charge in [0.2, 0.25) is 0 Å². The van der Waals surface area contributed by atoms with Crippen LogP contribution >= 0.6 is 0 Å². The van der Waals surface area contributed by atoms with Gasteiger partial charge in [-0.05, 0) is 43.7 Å². The average Bonchev–Trinajstić information content (AvgIpc) is 3.02. The molecule has 0 bridgehead atoms. The van der Waals surface area contributed by atoms with Crippen molar-refractivity contribution < 1.29 is 8.78 Å². The highest BCUT2D eigenvalue weighted by molar-refractivity contribution is 5.75. The van der Waals surface area contributed by atoms with Crippen LogP contribution in [0.3, 0.4) is 0 Å². The van der Waals surface area contributed by atoms with E-state index >= 15 is 0 Å². The molecule has 1 unspecified atom stereocenters. The maximum absolute atomic E-state index is 13.5. The van der Waals surface area contributed by atoms with E-state index < -0.39 is 18.2 Å². The number of halogens is 2. The van der Waals surface area contributed by atoms with Crippen molar-refractivity contribution in [3.05, 3.63) is 70.7 Å². The Labute approximate surface area is 166 Å². The van der Waals surface area contributed by atoms with Gasteiger partial charge in [-0.15, -0.1) is 0 Å². The summed E-state index contributed by atoms with van der Waals surface area (Å²) in [7, 11) is 0. The fraction of sp³-hybridized carbons (Fsp3) is 0.300. The van der Waals surface area contributed by atoms with Gasteiger partial charge in [0.15, 0.2) is 0 Å². The Morgan fingerprint density at radius 1 is 1.31 bits per heavy atom. The molecule has 0 amide bonds. The fourth-order valence-corrected chi connectivity index (χ4v) is 3.11. The molecule has 154 valence electrons. The molecule has 2 aromatic heterocycles. The lowest BCUT2D eigenvalue weighted by Crippen LogP contribution is -2.30. The van der Waals surface area contributed by atoms with E-state index in [2.05, 4.69) is 27.2 Å². The van der Waals surface area contributed by atoms with E-state index in [1.54, 1.807) is 30.5 Å². The number of aromatic nitrogens is 3. The summed E-state index contributed by atoms with van der Waals surface area (Å²) < 4.78 is 28.4. The zero-order chi connectivity index (χ0) is 21.0. The van der Waals surface area contributed by atoms with Crippen molar-refractivity contribution in [3.63, 3.8) is 0 Å². The molecule has 1 atom stereocenters. The first kappa shape index (κ1) is 20.5. The monoisotopic (exact) mass is 402 g/mol. The van der Waals surface area contributed by atoms with Crippen LogP contribution in [0, 0.1) is 6.92 Å². The summed E-state index contributed by atoms with van der Waals surface area (Å²) in [6.45, 7) is 6.34. The van der Waals surface area contributed by atoms with E-state index in [1.807, 2.05) is 13.0 Å². The normalized spacial score (nSPS) is 12.4. The van der Waals surface area contributed by atoms with Crippen molar-refractivity contribution in [3.8, 4) is 5.69 Å². The number of nitrogens with one attached hydrogen (secondary N) is 3. The first-order valence-electron chi connectivity index (χ1n) is 9.24. The molecule has 0 spiro atoms. The molecule has 0 saturated carbocycles. The van der Waals surface area contributed by atoms with Gasteiger partial charge in [0.1, 0.15) is 5.65 Å². The summed E-state index contributed by atoms with van der Waals surface area (Å²) >= 11 is 0. The van der Waals surface area contributed by atoms with Crippen LogP contribution in [0.2, 0.25) is 0 Å². The number of aromatic amines is 1. The summed E-state index contributed by atoms with van der Waals surface area (Å²) in [5, 5.41) is 6.51. The summed E-state index contributed by atoms with van der Waals surface area (Å²) in [6, 6.07) is 7.26. The smallest absolute Gasteiger partial charge is 0.354 e. The average molecular weight is 402 g/mol. The van der Waals surface area contributed by atoms with Crippen LogP contribution in [0.4, 0.5) is 8.78 Å². The van der Waals surface area contributed by atoms with Crippen LogP contribution in [0.15, 0.2) is 53.7 Å². The van der Waals surface area contributed by atoms with E-state index in [0.717, 1.165) is 11.1 Å². The molecule has 0 saturated heterocycles. The van der Waals surface area contributed by atoms with Gasteiger partial charge in [-0.1, -0.05) is 18.7 Å². The number of benzene rings is 1. The van der Waals surface area contributed by atoms with Crippen molar-refractivity contribution in [1.82, 2.24) is 25.2 Å². The first-order valence-corrected chi connectivity index (χ1v) is 9.24. The van der Waals surface area contributed by atoms with Crippen LogP contribution < -0.4 is 22.1 Å². The number of rotatable bonds is 9. The molecule has 0 aliphatic carbocycles. The third-order valence-electron chi connectivity index (χ3n) is 4.49. The maximum atomic E-state index is 13.5. The van der Waals surface area contributed by atoms with E-state index in [4.69, 9.17) is 5.73 Å². The number of H-pyrrole nitrogens is 1. The quantitative estimate of drug-likeness (QED) is 0.412. The summed E-state index contributed by atoms with van der Waals surface area (Å²) in [6.07, 6.45) is -0.263. The Kier molecular flexibility index (Phi) is 6.28. The molecule has 9 heteroatoms. The Morgan fingerprint density at radius 2 is 2.03 bits per heavy atom. The molecule has 29 heavy (non-hydrogen) atoms. The number of fused-ring (bicyclic) bond motifs is 1. The molecule has 0 aliphatic heterocycles. The molecule has 5 N–H and O–H groups in total. The van der Waals surface area contributed by atoms with Gasteiger partial charge in [-0.25, -0.2) is 13.6 Å². The van der Waals surface area contributed by atoms with Crippen molar-refractivity contribution in [2.45, 2.75) is 25.8 Å². The van der Waals surface area contributed by atoms with Crippen LogP contribution in [0.1, 0.15) is 23.7 Å². The maximum Gasteiger partial charge on any atom is 0.354 e. The second-order valence-corrected chi connectivity index (χ2v) is 6.81. The van der Waals surface area contributed by atoms with Crippen molar-refractivity contribution >= 4 is 11.0 Å². The molecular formula is C20H24F2N6O. The number of aryl methyl sites for hydroxylation is 1. The third-order valence-corrected chi connectivity index (χ3v) is 4.49. The number of alkyl halides is 2. The van der Waals surface area contributed by atoms with E-state index in [9.17, 15) is 13.6 Å². The standard InChI is InChI=1S/C20H24F2N6O/c1-12-10-15-11-28(20(29)27-19(15)26-12)16-6-4-14(5-7-16)17(18(21)22)25-9-3-8-24-13(2)23/h4-7,10-11,17-18,24-25H,2-3,8-9,23H2,1H3,(H,26,27,29). The van der Waals surface area contributed by atoms with Gasteiger partial charge in [-0.3, -0.25) is 4.57 Å². The minimum Gasteiger partial charge on any atom is -0.386 e. The van der Waals surface area contributed by atoms with Gasteiger partial charge >= 0.3 is 5.69 Å². The zero-order valence-corrected chi connectivity index (χ0v) is 16.1. The molecule has 0 aliphatic rings. The Bertz CT molecular complexity index is 1040. The molecule has 3 aromatic rings. The van der Waals surface area contributed by atoms with Crippen molar-refractivity contribution in [2.24, 2.45) is 5.73 Å². The highest BCUT2D eigenvalue weighted by Gasteiger charge is 2.21. The minimum atomic E-state index is -2.57. The van der Waals surface area contributed by atoms with Gasteiger partial charge in [0.05, 0.1) is 17.6 Å². The third kappa shape index (κ3) is 5.00. The Hall–Kier alpha value is -3.20. The molecule has 0 fully saturated rings. The SMILES string of the molecule is C=C(N)NCCCNC(c1ccc(-n2cc3cc(C)[nH]c3nc2=O)cc1)C(F)F. The fourth-order valence-electron chi connectivity index (χ4n) is 3.11. The van der Waals surface area contributed by atoms with Gasteiger partial charge < -0.3 is 21.4 Å². The van der Waals surface area contributed by atoms with Crippen LogP contribution in [0.25, 0.3) is 16.7 Å². The lowest BCUT2D eigenvalue weighted by atomic mass is 10.1. The lowest BCUT2D eigenvalue weighted by molar-refractivity contribution is 0.0983. The number of hydrogen-bond donors (Lipinski definition) is 4. The summed E-state index contributed by atoms with van der Waals surface area (Å²) in [5.41, 5.74) is 7.39. The van der Waals surface area contributed by atoms with Crippen molar-refractivity contribution in [2.75, 3.05) is 13.1 Å². The largest absolute Gasteiger partial charge is 0.386 e. The number of nitrogens with two attached hydrogens (primary N) is 1. The second kappa shape index (κ2) is 8.87. The van der Waals surface area contributed by atoms with E-state index in [-0.39, 0.29) is 0 Å². The van der Waals surface area contributed by atoms with Gasteiger partial charge in [0, 0.05) is 23.8 Å². The highest BCUT2D eigenvalue weighted by atomic mass is 19.3. The number of nitrogens with zero attached hydrogens (tertiary/aromatic N) is 2. The van der Waals surface area contributed by atoms with Crippen LogP contribution in [-0.2, 0) is 0 Å². The Morgan fingerprint density at radius 3 is 2.69 bits per heavy atom. The van der Waals surface area contributed by atoms with Crippen LogP contribution in [0.5, 0.6) is 0 Å². The Balaban J connectivity index is 1.74. The predicted molar refractivity (Wildman–Crippen MR) is 109 cm³/mol. The summed E-state index contributed by atoms with van der Waals surface area (Å²) in [4.78, 5) is 19.3. The highest BCUT2D eigenvalue weighted by Crippen LogP contribution is 2.22. The summed E-state index contributed by atoms with van der Waals surface area (Å²) in [5.74, 6) is 0.351. The molecule has 7 nitrogen and oxygen atoms in total. The van der Waals surface area contributed by atoms with Gasteiger partial charge in [-0.2, -0.15) is 4.98 Å². The van der Waals surface area contributed by atoms with E-state index in [1.165, 1.54) is 4.57 Å². The lowest BCUT2D eigenvalue weighted by Gasteiger charge is -2.19. The van der Waals surface area contributed by atoms with Crippen molar-refractivity contribution in [1.29, 1.82) is 0 Å². The molecule has 0 radical (unpaired) electrons. The molecular weight excluding hydrogens is 378 g/mol. The number of hydrogen-bond acceptors (Lipinski definition) is 5. The topological polar surface area (TPSA) is 101 Å².